The van der Waals surface area contributed by atoms with Gasteiger partial charge in [-0.3, -0.25) is 4.79 Å². The molecule has 3 nitrogen and oxygen atoms in total. The first kappa shape index (κ1) is 18.1. The number of hydrogen-bond acceptors (Lipinski definition) is 2. The van der Waals surface area contributed by atoms with E-state index in [1.54, 1.807) is 12.1 Å². The number of nitrogens with one attached hydrogen (secondary N) is 1. The number of hydrogen-bond donors (Lipinski definition) is 2. The van der Waals surface area contributed by atoms with Crippen molar-refractivity contribution in [2.45, 2.75) is 31.6 Å². The normalized spacial score (nSPS) is 12.7. The summed E-state index contributed by atoms with van der Waals surface area (Å²) < 4.78 is 13.1. The molecule has 0 aliphatic carbocycles. The van der Waals surface area contributed by atoms with Gasteiger partial charge >= 0.3 is 0 Å². The smallest absolute Gasteiger partial charge is 0.230 e. The van der Waals surface area contributed by atoms with Crippen LogP contribution in [0.15, 0.2) is 54.6 Å². The Morgan fingerprint density at radius 2 is 1.75 bits per heavy atom. The van der Waals surface area contributed by atoms with Crippen LogP contribution in [-0.2, 0) is 10.2 Å². The van der Waals surface area contributed by atoms with Crippen molar-refractivity contribution < 1.29 is 14.3 Å². The van der Waals surface area contributed by atoms with Crippen molar-refractivity contribution in [2.75, 3.05) is 13.2 Å². The number of aliphatic hydroxyl groups is 1. The predicted octanol–water partition coefficient (Wildman–Crippen LogP) is 3.39. The Balaban J connectivity index is 2.05. The molecular formula is C20H24FNO2. The van der Waals surface area contributed by atoms with Crippen LogP contribution in [0.2, 0.25) is 0 Å². The molecule has 2 aromatic rings. The van der Waals surface area contributed by atoms with Crippen molar-refractivity contribution in [1.29, 1.82) is 0 Å². The molecule has 0 radical (unpaired) electrons. The van der Waals surface area contributed by atoms with Gasteiger partial charge in [0.05, 0.1) is 5.41 Å². The van der Waals surface area contributed by atoms with Crippen LogP contribution in [0.3, 0.4) is 0 Å². The van der Waals surface area contributed by atoms with Gasteiger partial charge in [-0.1, -0.05) is 42.5 Å². The van der Waals surface area contributed by atoms with Gasteiger partial charge in [-0.25, -0.2) is 4.39 Å². The van der Waals surface area contributed by atoms with E-state index in [-0.39, 0.29) is 24.2 Å². The molecule has 4 heteroatoms. The molecule has 0 saturated heterocycles. The molecule has 0 aromatic heterocycles. The lowest BCUT2D eigenvalue weighted by atomic mass is 9.83. The Bertz CT molecular complexity index is 653. The minimum absolute atomic E-state index is 0.0594. The Morgan fingerprint density at radius 1 is 1.12 bits per heavy atom. The highest BCUT2D eigenvalue weighted by molar-refractivity contribution is 5.87. The molecule has 0 aliphatic heterocycles. The van der Waals surface area contributed by atoms with E-state index in [4.69, 9.17) is 0 Å². The van der Waals surface area contributed by atoms with Crippen molar-refractivity contribution in [2.24, 2.45) is 0 Å². The maximum absolute atomic E-state index is 13.1. The molecule has 2 aromatic carbocycles. The van der Waals surface area contributed by atoms with Gasteiger partial charge < -0.3 is 10.4 Å². The van der Waals surface area contributed by atoms with Crippen LogP contribution in [0.4, 0.5) is 4.39 Å². The van der Waals surface area contributed by atoms with Gasteiger partial charge in [0.15, 0.2) is 0 Å². The third-order valence-electron chi connectivity index (χ3n) is 4.39. The van der Waals surface area contributed by atoms with Crippen LogP contribution in [-0.4, -0.2) is 24.2 Å². The zero-order valence-electron chi connectivity index (χ0n) is 14.1. The summed E-state index contributed by atoms with van der Waals surface area (Å²) >= 11 is 0. The van der Waals surface area contributed by atoms with Gasteiger partial charge in [-0.2, -0.15) is 0 Å². The Labute approximate surface area is 142 Å². The zero-order chi connectivity index (χ0) is 17.6. The monoisotopic (exact) mass is 329 g/mol. The van der Waals surface area contributed by atoms with Crippen molar-refractivity contribution >= 4 is 5.91 Å². The maximum Gasteiger partial charge on any atom is 0.230 e. The van der Waals surface area contributed by atoms with Crippen molar-refractivity contribution in [1.82, 2.24) is 5.32 Å². The van der Waals surface area contributed by atoms with Gasteiger partial charge in [0.2, 0.25) is 5.91 Å². The Kier molecular flexibility index (Phi) is 6.10. The second kappa shape index (κ2) is 8.06. The first-order chi connectivity index (χ1) is 11.4. The minimum Gasteiger partial charge on any atom is -0.396 e. The van der Waals surface area contributed by atoms with E-state index in [2.05, 4.69) is 5.32 Å². The standard InChI is InChI=1S/C20H24FNO2/c1-20(2,17-8-10-18(21)11-9-17)19(24)22-14-16(12-13-23)15-6-4-3-5-7-15/h3-11,16,23H,12-14H2,1-2H3,(H,22,24). The molecule has 0 spiro atoms. The summed E-state index contributed by atoms with van der Waals surface area (Å²) in [4.78, 5) is 12.6. The summed E-state index contributed by atoms with van der Waals surface area (Å²) in [6.45, 7) is 4.16. The molecule has 2 rings (SSSR count). The van der Waals surface area contributed by atoms with Crippen LogP contribution in [0.5, 0.6) is 0 Å². The van der Waals surface area contributed by atoms with E-state index < -0.39 is 5.41 Å². The molecule has 128 valence electrons. The van der Waals surface area contributed by atoms with Crippen LogP contribution in [0.25, 0.3) is 0 Å². The molecule has 1 atom stereocenters. The lowest BCUT2D eigenvalue weighted by Crippen LogP contribution is -2.41. The van der Waals surface area contributed by atoms with E-state index in [1.807, 2.05) is 44.2 Å². The van der Waals surface area contributed by atoms with Crippen LogP contribution in [0.1, 0.15) is 37.3 Å². The summed E-state index contributed by atoms with van der Waals surface area (Å²) in [5.41, 5.74) is 1.10. The van der Waals surface area contributed by atoms with E-state index >= 15 is 0 Å². The summed E-state index contributed by atoms with van der Waals surface area (Å²) in [6.07, 6.45) is 0.585. The van der Waals surface area contributed by atoms with Gasteiger partial charge in [-0.15, -0.1) is 0 Å². The number of amides is 1. The van der Waals surface area contributed by atoms with E-state index in [9.17, 15) is 14.3 Å². The molecule has 0 saturated carbocycles. The molecular weight excluding hydrogens is 305 g/mol. The first-order valence-corrected chi connectivity index (χ1v) is 8.15. The third kappa shape index (κ3) is 4.42. The molecule has 1 amide bonds. The van der Waals surface area contributed by atoms with Crippen molar-refractivity contribution in [3.8, 4) is 0 Å². The highest BCUT2D eigenvalue weighted by Gasteiger charge is 2.30. The average molecular weight is 329 g/mol. The summed E-state index contributed by atoms with van der Waals surface area (Å²) in [6, 6.07) is 15.8. The molecule has 0 fully saturated rings. The number of halogens is 1. The van der Waals surface area contributed by atoms with Crippen LogP contribution >= 0.6 is 0 Å². The van der Waals surface area contributed by atoms with Crippen molar-refractivity contribution in [3.63, 3.8) is 0 Å². The molecule has 0 bridgehead atoms. The summed E-state index contributed by atoms with van der Waals surface area (Å²) in [5.74, 6) is -0.376. The number of rotatable bonds is 7. The van der Waals surface area contributed by atoms with Gasteiger partial charge in [-0.05, 0) is 43.5 Å². The van der Waals surface area contributed by atoms with Gasteiger partial charge in [0.1, 0.15) is 5.82 Å². The van der Waals surface area contributed by atoms with E-state index in [0.717, 1.165) is 11.1 Å². The summed E-state index contributed by atoms with van der Waals surface area (Å²) in [5, 5.41) is 12.3. The second-order valence-corrected chi connectivity index (χ2v) is 6.46. The zero-order valence-corrected chi connectivity index (χ0v) is 14.1. The minimum atomic E-state index is -0.756. The molecule has 2 N–H and O–H groups in total. The van der Waals surface area contributed by atoms with Gasteiger partial charge in [0, 0.05) is 19.1 Å². The molecule has 0 aliphatic rings. The highest BCUT2D eigenvalue weighted by atomic mass is 19.1. The molecule has 0 heterocycles. The van der Waals surface area contributed by atoms with E-state index in [1.165, 1.54) is 12.1 Å². The highest BCUT2D eigenvalue weighted by Crippen LogP contribution is 2.24. The van der Waals surface area contributed by atoms with Crippen LogP contribution in [0, 0.1) is 5.82 Å². The lowest BCUT2D eigenvalue weighted by Gasteiger charge is -2.26. The average Bonchev–Trinajstić information content (AvgIpc) is 2.59. The maximum atomic E-state index is 13.1. The topological polar surface area (TPSA) is 49.3 Å². The fraction of sp³-hybridized carbons (Fsp3) is 0.350. The van der Waals surface area contributed by atoms with Crippen molar-refractivity contribution in [3.05, 3.63) is 71.5 Å². The number of carbonyl (C=O) groups is 1. The molecule has 24 heavy (non-hydrogen) atoms. The summed E-state index contributed by atoms with van der Waals surface area (Å²) in [7, 11) is 0. The lowest BCUT2D eigenvalue weighted by molar-refractivity contribution is -0.125. The SMILES string of the molecule is CC(C)(C(=O)NCC(CCO)c1ccccc1)c1ccc(F)cc1. The predicted molar refractivity (Wildman–Crippen MR) is 93.3 cm³/mol. The quantitative estimate of drug-likeness (QED) is 0.818. The van der Waals surface area contributed by atoms with Crippen LogP contribution < -0.4 is 5.32 Å². The second-order valence-electron chi connectivity index (χ2n) is 6.46. The number of aliphatic hydroxyl groups excluding tert-OH is 1. The first-order valence-electron chi connectivity index (χ1n) is 8.15. The third-order valence-corrected chi connectivity index (χ3v) is 4.39. The van der Waals surface area contributed by atoms with Gasteiger partial charge in [0.25, 0.3) is 0 Å². The fourth-order valence-corrected chi connectivity index (χ4v) is 2.70. The number of benzene rings is 2. The molecule has 1 unspecified atom stereocenters. The largest absolute Gasteiger partial charge is 0.396 e. The Hall–Kier alpha value is -2.20. The van der Waals surface area contributed by atoms with E-state index in [0.29, 0.717) is 13.0 Å². The fourth-order valence-electron chi connectivity index (χ4n) is 2.70. The Morgan fingerprint density at radius 3 is 2.33 bits per heavy atom. The number of carbonyl (C=O) groups excluding carboxylic acids is 1.